The van der Waals surface area contributed by atoms with Crippen molar-refractivity contribution in [3.63, 3.8) is 0 Å². The Bertz CT molecular complexity index is 424. The van der Waals surface area contributed by atoms with Crippen molar-refractivity contribution in [1.82, 2.24) is 5.32 Å². The van der Waals surface area contributed by atoms with E-state index < -0.39 is 6.10 Å². The molecule has 0 saturated heterocycles. The molecule has 0 amide bonds. The molecule has 0 saturated carbocycles. The van der Waals surface area contributed by atoms with Gasteiger partial charge in [-0.25, -0.2) is 0 Å². The summed E-state index contributed by atoms with van der Waals surface area (Å²) in [6, 6.07) is 3.93. The predicted octanol–water partition coefficient (Wildman–Crippen LogP) is 3.00. The van der Waals surface area contributed by atoms with Crippen LogP contribution in [0.25, 0.3) is 0 Å². The maximum atomic E-state index is 9.64. The van der Waals surface area contributed by atoms with Crippen LogP contribution in [-0.4, -0.2) is 31.0 Å². The summed E-state index contributed by atoms with van der Waals surface area (Å²) in [5, 5.41) is 13.6. The number of methoxy groups -OCH3 is 1. The first-order valence-electron chi connectivity index (χ1n) is 6.88. The highest BCUT2D eigenvalue weighted by Gasteiger charge is 2.14. The molecule has 2 N–H and O–H groups in total. The molecule has 0 aliphatic rings. The first-order valence-corrected chi connectivity index (χ1v) is 7.26. The van der Waals surface area contributed by atoms with Crippen LogP contribution in [0.3, 0.4) is 0 Å². The second-order valence-electron chi connectivity index (χ2n) is 5.00. The molecule has 5 heteroatoms. The Balaban J connectivity index is 2.96. The molecule has 114 valence electrons. The molecule has 1 unspecified atom stereocenters. The fraction of sp³-hybridized carbons (Fsp3) is 0.600. The van der Waals surface area contributed by atoms with Gasteiger partial charge in [0.05, 0.1) is 13.2 Å². The zero-order chi connectivity index (χ0) is 15.1. The lowest BCUT2D eigenvalue weighted by Crippen LogP contribution is -2.23. The van der Waals surface area contributed by atoms with E-state index in [2.05, 4.69) is 19.2 Å². The highest BCUT2D eigenvalue weighted by atomic mass is 35.5. The average molecular weight is 302 g/mol. The zero-order valence-electron chi connectivity index (χ0n) is 12.6. The summed E-state index contributed by atoms with van der Waals surface area (Å²) >= 11 is 6.09. The van der Waals surface area contributed by atoms with Gasteiger partial charge in [0.1, 0.15) is 6.61 Å². The molecule has 0 radical (unpaired) electrons. The van der Waals surface area contributed by atoms with Crippen molar-refractivity contribution in [2.75, 3.05) is 13.7 Å². The SMILES string of the molecule is CCC(O)COc1c(CNC(C)C)cc(Cl)cc1OC. The monoisotopic (exact) mass is 301 g/mol. The minimum Gasteiger partial charge on any atom is -0.493 e. The summed E-state index contributed by atoms with van der Waals surface area (Å²) in [6.07, 6.45) is 0.163. The molecule has 0 aliphatic heterocycles. The van der Waals surface area contributed by atoms with Crippen molar-refractivity contribution in [1.29, 1.82) is 0 Å². The van der Waals surface area contributed by atoms with Gasteiger partial charge in [-0.1, -0.05) is 32.4 Å². The van der Waals surface area contributed by atoms with Gasteiger partial charge in [-0.15, -0.1) is 0 Å². The summed E-state index contributed by atoms with van der Waals surface area (Å²) in [6.45, 7) is 6.93. The quantitative estimate of drug-likeness (QED) is 0.775. The van der Waals surface area contributed by atoms with Crippen LogP contribution < -0.4 is 14.8 Å². The van der Waals surface area contributed by atoms with Gasteiger partial charge in [-0.3, -0.25) is 0 Å². The van der Waals surface area contributed by atoms with Crippen LogP contribution in [0.2, 0.25) is 5.02 Å². The van der Waals surface area contributed by atoms with Crippen LogP contribution in [0.5, 0.6) is 11.5 Å². The van der Waals surface area contributed by atoms with Gasteiger partial charge in [0, 0.05) is 29.2 Å². The van der Waals surface area contributed by atoms with Gasteiger partial charge in [-0.05, 0) is 12.5 Å². The second kappa shape index (κ2) is 8.35. The number of aliphatic hydroxyl groups excluding tert-OH is 1. The summed E-state index contributed by atoms with van der Waals surface area (Å²) in [4.78, 5) is 0. The molecule has 0 heterocycles. The van der Waals surface area contributed by atoms with Gasteiger partial charge < -0.3 is 19.9 Å². The lowest BCUT2D eigenvalue weighted by atomic mass is 10.1. The van der Waals surface area contributed by atoms with Crippen LogP contribution in [0, 0.1) is 0 Å². The van der Waals surface area contributed by atoms with E-state index in [9.17, 15) is 5.11 Å². The number of aliphatic hydroxyl groups is 1. The van der Waals surface area contributed by atoms with Crippen LogP contribution >= 0.6 is 11.6 Å². The van der Waals surface area contributed by atoms with Gasteiger partial charge >= 0.3 is 0 Å². The number of benzene rings is 1. The fourth-order valence-electron chi connectivity index (χ4n) is 1.68. The molecule has 4 nitrogen and oxygen atoms in total. The Labute approximate surface area is 126 Å². The summed E-state index contributed by atoms with van der Waals surface area (Å²) in [5.74, 6) is 1.22. The first kappa shape index (κ1) is 17.1. The van der Waals surface area contributed by atoms with Gasteiger partial charge in [-0.2, -0.15) is 0 Å². The van der Waals surface area contributed by atoms with Crippen molar-refractivity contribution >= 4 is 11.6 Å². The first-order chi connectivity index (χ1) is 9.47. The largest absolute Gasteiger partial charge is 0.493 e. The number of rotatable bonds is 8. The lowest BCUT2D eigenvalue weighted by Gasteiger charge is -2.18. The number of halogens is 1. The van der Waals surface area contributed by atoms with E-state index in [4.69, 9.17) is 21.1 Å². The second-order valence-corrected chi connectivity index (χ2v) is 5.44. The molecule has 0 fully saturated rings. The van der Waals surface area contributed by atoms with Crippen molar-refractivity contribution in [2.45, 2.75) is 45.9 Å². The highest BCUT2D eigenvalue weighted by molar-refractivity contribution is 6.30. The van der Waals surface area contributed by atoms with Crippen molar-refractivity contribution in [2.24, 2.45) is 0 Å². The molecule has 1 rings (SSSR count). The molecule has 1 atom stereocenters. The highest BCUT2D eigenvalue weighted by Crippen LogP contribution is 2.35. The van der Waals surface area contributed by atoms with Gasteiger partial charge in [0.15, 0.2) is 11.5 Å². The Morgan fingerprint density at radius 3 is 2.60 bits per heavy atom. The van der Waals surface area contributed by atoms with E-state index in [1.54, 1.807) is 13.2 Å². The van der Waals surface area contributed by atoms with Crippen LogP contribution in [0.1, 0.15) is 32.8 Å². The molecule has 20 heavy (non-hydrogen) atoms. The van der Waals surface area contributed by atoms with Crippen molar-refractivity contribution in [3.8, 4) is 11.5 Å². The molecule has 1 aromatic rings. The Kier molecular flexibility index (Phi) is 7.13. The molecule has 1 aromatic carbocycles. The number of nitrogens with one attached hydrogen (secondary N) is 1. The van der Waals surface area contributed by atoms with E-state index in [-0.39, 0.29) is 6.61 Å². The third kappa shape index (κ3) is 5.19. The molecule has 0 spiro atoms. The molecule has 0 aromatic heterocycles. The van der Waals surface area contributed by atoms with Crippen LogP contribution in [-0.2, 0) is 6.54 Å². The van der Waals surface area contributed by atoms with E-state index >= 15 is 0 Å². The third-order valence-corrected chi connectivity index (χ3v) is 3.13. The normalized spacial score (nSPS) is 12.6. The Morgan fingerprint density at radius 2 is 2.05 bits per heavy atom. The smallest absolute Gasteiger partial charge is 0.165 e. The third-order valence-electron chi connectivity index (χ3n) is 2.91. The summed E-state index contributed by atoms with van der Waals surface area (Å²) in [7, 11) is 1.58. The Hall–Kier alpha value is -0.970. The maximum Gasteiger partial charge on any atom is 0.165 e. The maximum absolute atomic E-state index is 9.64. The van der Waals surface area contributed by atoms with Gasteiger partial charge in [0.2, 0.25) is 0 Å². The van der Waals surface area contributed by atoms with E-state index in [1.165, 1.54) is 0 Å². The van der Waals surface area contributed by atoms with Crippen LogP contribution in [0.15, 0.2) is 12.1 Å². The zero-order valence-corrected chi connectivity index (χ0v) is 13.3. The summed E-state index contributed by atoms with van der Waals surface area (Å²) in [5.41, 5.74) is 0.923. The topological polar surface area (TPSA) is 50.7 Å². The van der Waals surface area contributed by atoms with Crippen LogP contribution in [0.4, 0.5) is 0 Å². The fourth-order valence-corrected chi connectivity index (χ4v) is 1.91. The van der Waals surface area contributed by atoms with E-state index in [0.29, 0.717) is 35.5 Å². The molecule has 0 aliphatic carbocycles. The number of ether oxygens (including phenoxy) is 2. The predicted molar refractivity (Wildman–Crippen MR) is 81.8 cm³/mol. The van der Waals surface area contributed by atoms with E-state index in [0.717, 1.165) is 5.56 Å². The van der Waals surface area contributed by atoms with Gasteiger partial charge in [0.25, 0.3) is 0 Å². The molecular formula is C15H24ClNO3. The number of hydrogen-bond donors (Lipinski definition) is 2. The average Bonchev–Trinajstić information content (AvgIpc) is 2.42. The van der Waals surface area contributed by atoms with Crippen molar-refractivity contribution < 1.29 is 14.6 Å². The molecule has 0 bridgehead atoms. The van der Waals surface area contributed by atoms with E-state index in [1.807, 2.05) is 13.0 Å². The number of hydrogen-bond acceptors (Lipinski definition) is 4. The summed E-state index contributed by atoms with van der Waals surface area (Å²) < 4.78 is 11.0. The minimum atomic E-state index is -0.485. The Morgan fingerprint density at radius 1 is 1.35 bits per heavy atom. The molecular weight excluding hydrogens is 278 g/mol. The standard InChI is InChI=1S/C15H24ClNO3/c1-5-13(18)9-20-15-11(8-17-10(2)3)6-12(16)7-14(15)19-4/h6-7,10,13,17-18H,5,8-9H2,1-4H3. The van der Waals surface area contributed by atoms with Crippen molar-refractivity contribution in [3.05, 3.63) is 22.7 Å². The lowest BCUT2D eigenvalue weighted by molar-refractivity contribution is 0.102. The minimum absolute atomic E-state index is 0.239.